The van der Waals surface area contributed by atoms with Crippen LogP contribution in [0.2, 0.25) is 0 Å². The number of carbonyl (C=O) groups excluding carboxylic acids is 1. The van der Waals surface area contributed by atoms with Crippen molar-refractivity contribution < 1.29 is 9.90 Å². The molecule has 76 valence electrons. The van der Waals surface area contributed by atoms with Crippen molar-refractivity contribution in [1.29, 1.82) is 0 Å². The molecule has 0 amide bonds. The Bertz CT molecular complexity index is 350. The Hall–Kier alpha value is -0.610. The van der Waals surface area contributed by atoms with Crippen molar-refractivity contribution in [3.63, 3.8) is 0 Å². The Morgan fingerprint density at radius 1 is 1.57 bits per heavy atom. The minimum Gasteiger partial charge on any atom is -0.507 e. The summed E-state index contributed by atoms with van der Waals surface area (Å²) in [5, 5.41) is 8.94. The number of phenols is 1. The lowest BCUT2D eigenvalue weighted by atomic mass is 10.1. The average Bonchev–Trinajstić information content (AvgIpc) is 2.11. The molecular formula is C10H12O2S2. The van der Waals surface area contributed by atoms with Crippen LogP contribution in [0.1, 0.15) is 12.5 Å². The fourth-order valence-electron chi connectivity index (χ4n) is 1.06. The number of hydrogen-bond acceptors (Lipinski definition) is 4. The second kappa shape index (κ2) is 4.75. The van der Waals surface area contributed by atoms with Gasteiger partial charge in [-0.3, -0.25) is 4.79 Å². The first kappa shape index (κ1) is 11.5. The molecule has 0 aliphatic rings. The summed E-state index contributed by atoms with van der Waals surface area (Å²) in [6, 6.07) is 5.07. The van der Waals surface area contributed by atoms with Crippen LogP contribution in [-0.4, -0.2) is 16.1 Å². The highest BCUT2D eigenvalue weighted by Gasteiger charge is 2.10. The number of rotatable bonds is 3. The Balaban J connectivity index is 2.78. The highest BCUT2D eigenvalue weighted by atomic mass is 32.1. The van der Waals surface area contributed by atoms with E-state index in [1.807, 2.05) is 0 Å². The normalized spacial score (nSPS) is 12.5. The highest BCUT2D eigenvalue weighted by molar-refractivity contribution is 7.81. The van der Waals surface area contributed by atoms with Crippen molar-refractivity contribution >= 4 is 31.0 Å². The summed E-state index contributed by atoms with van der Waals surface area (Å²) in [5.74, 6) is 0.192. The summed E-state index contributed by atoms with van der Waals surface area (Å²) in [6.45, 7) is 1.51. The van der Waals surface area contributed by atoms with Crippen LogP contribution in [0.4, 0.5) is 0 Å². The number of carbonyl (C=O) groups is 1. The van der Waals surface area contributed by atoms with Crippen LogP contribution in [0.15, 0.2) is 23.1 Å². The maximum atomic E-state index is 11.0. The van der Waals surface area contributed by atoms with Crippen LogP contribution in [0.3, 0.4) is 0 Å². The van der Waals surface area contributed by atoms with E-state index in [1.54, 1.807) is 18.2 Å². The van der Waals surface area contributed by atoms with Gasteiger partial charge in [-0.2, -0.15) is 12.6 Å². The number of aromatic hydroxyl groups is 1. The fraction of sp³-hybridized carbons (Fsp3) is 0.300. The summed E-state index contributed by atoms with van der Waals surface area (Å²) < 4.78 is 0. The maximum absolute atomic E-state index is 11.0. The second-order valence-electron chi connectivity index (χ2n) is 3.15. The predicted molar refractivity (Wildman–Crippen MR) is 62.5 cm³/mol. The molecule has 1 aromatic rings. The van der Waals surface area contributed by atoms with Crippen molar-refractivity contribution in [2.75, 3.05) is 0 Å². The zero-order valence-electron chi connectivity index (χ0n) is 7.77. The molecule has 0 saturated carbocycles. The minimum atomic E-state index is -0.285. The number of ketones is 1. The quantitative estimate of drug-likeness (QED) is 0.693. The molecule has 1 atom stereocenters. The lowest BCUT2D eigenvalue weighted by Gasteiger charge is -2.07. The van der Waals surface area contributed by atoms with Crippen LogP contribution in [0.5, 0.6) is 5.75 Å². The predicted octanol–water partition coefficient (Wildman–Crippen LogP) is 2.11. The topological polar surface area (TPSA) is 37.3 Å². The fourth-order valence-corrected chi connectivity index (χ4v) is 1.51. The van der Waals surface area contributed by atoms with Crippen molar-refractivity contribution in [3.05, 3.63) is 23.8 Å². The van der Waals surface area contributed by atoms with Crippen molar-refractivity contribution in [1.82, 2.24) is 0 Å². The molecular weight excluding hydrogens is 216 g/mol. The second-order valence-corrected chi connectivity index (χ2v) is 4.26. The lowest BCUT2D eigenvalue weighted by molar-refractivity contribution is -0.116. The van der Waals surface area contributed by atoms with Gasteiger partial charge in [-0.05, 0) is 31.0 Å². The van der Waals surface area contributed by atoms with Crippen LogP contribution >= 0.6 is 25.3 Å². The molecule has 0 aliphatic carbocycles. The largest absolute Gasteiger partial charge is 0.507 e. The van der Waals surface area contributed by atoms with Crippen LogP contribution < -0.4 is 0 Å². The molecule has 1 rings (SSSR count). The van der Waals surface area contributed by atoms with Gasteiger partial charge in [-0.15, -0.1) is 12.6 Å². The van der Waals surface area contributed by atoms with Crippen molar-refractivity contribution in [3.8, 4) is 5.75 Å². The van der Waals surface area contributed by atoms with Gasteiger partial charge < -0.3 is 5.11 Å². The van der Waals surface area contributed by atoms with E-state index in [4.69, 9.17) is 0 Å². The monoisotopic (exact) mass is 228 g/mol. The third-order valence-electron chi connectivity index (χ3n) is 1.94. The summed E-state index contributed by atoms with van der Waals surface area (Å²) in [5.41, 5.74) is 0.947. The van der Waals surface area contributed by atoms with E-state index < -0.39 is 0 Å². The minimum absolute atomic E-state index is 0.0436. The van der Waals surface area contributed by atoms with E-state index in [-0.39, 0.29) is 16.8 Å². The molecule has 0 heterocycles. The van der Waals surface area contributed by atoms with E-state index >= 15 is 0 Å². The van der Waals surface area contributed by atoms with Gasteiger partial charge >= 0.3 is 0 Å². The molecule has 0 fully saturated rings. The van der Waals surface area contributed by atoms with E-state index in [0.29, 0.717) is 11.3 Å². The van der Waals surface area contributed by atoms with Crippen LogP contribution in [0, 0.1) is 0 Å². The van der Waals surface area contributed by atoms with Gasteiger partial charge in [0, 0.05) is 4.90 Å². The number of benzene rings is 1. The molecule has 1 N–H and O–H groups in total. The van der Waals surface area contributed by atoms with Gasteiger partial charge in [-0.25, -0.2) is 0 Å². The summed E-state index contributed by atoms with van der Waals surface area (Å²) in [4.78, 5) is 11.5. The first-order chi connectivity index (χ1) is 6.50. The third kappa shape index (κ3) is 2.96. The maximum Gasteiger partial charge on any atom is 0.142 e. The van der Waals surface area contributed by atoms with Gasteiger partial charge in [0.25, 0.3) is 0 Å². The summed E-state index contributed by atoms with van der Waals surface area (Å²) in [7, 11) is 0. The third-order valence-corrected chi connectivity index (χ3v) is 2.84. The van der Waals surface area contributed by atoms with Crippen molar-refractivity contribution in [2.24, 2.45) is 0 Å². The molecule has 1 unspecified atom stereocenters. The van der Waals surface area contributed by atoms with Gasteiger partial charge in [0.05, 0.1) is 5.25 Å². The Morgan fingerprint density at radius 2 is 2.21 bits per heavy atom. The van der Waals surface area contributed by atoms with E-state index in [2.05, 4.69) is 25.3 Å². The molecule has 0 saturated heterocycles. The van der Waals surface area contributed by atoms with Gasteiger partial charge in [0.2, 0.25) is 0 Å². The van der Waals surface area contributed by atoms with Crippen LogP contribution in [-0.2, 0) is 11.2 Å². The van der Waals surface area contributed by atoms with Crippen LogP contribution in [0.25, 0.3) is 0 Å². The van der Waals surface area contributed by atoms with E-state index in [9.17, 15) is 9.90 Å². The Kier molecular flexibility index (Phi) is 3.89. The lowest BCUT2D eigenvalue weighted by Crippen LogP contribution is -2.13. The highest BCUT2D eigenvalue weighted by Crippen LogP contribution is 2.23. The van der Waals surface area contributed by atoms with Gasteiger partial charge in [0.1, 0.15) is 11.5 Å². The SMILES string of the molecule is CC(=O)C(S)Cc1ccc(O)c(S)c1. The van der Waals surface area contributed by atoms with Crippen molar-refractivity contribution in [2.45, 2.75) is 23.5 Å². The molecule has 0 aliphatic heterocycles. The standard InChI is InChI=1S/C10H12O2S2/c1-6(11)9(13)4-7-2-3-8(12)10(14)5-7/h2-3,5,9,12-14H,4H2,1H3. The number of phenolic OH excluding ortho intramolecular Hbond substituents is 1. The summed E-state index contributed by atoms with van der Waals surface area (Å²) in [6.07, 6.45) is 0.562. The molecule has 0 aromatic heterocycles. The molecule has 14 heavy (non-hydrogen) atoms. The molecule has 2 nitrogen and oxygen atoms in total. The van der Waals surface area contributed by atoms with E-state index in [1.165, 1.54) is 6.92 Å². The number of thiol groups is 2. The zero-order valence-corrected chi connectivity index (χ0v) is 9.56. The number of hydrogen-bond donors (Lipinski definition) is 3. The first-order valence-corrected chi connectivity index (χ1v) is 5.16. The summed E-state index contributed by atoms with van der Waals surface area (Å²) >= 11 is 8.24. The zero-order chi connectivity index (χ0) is 10.7. The smallest absolute Gasteiger partial charge is 0.142 e. The Labute approximate surface area is 94.2 Å². The van der Waals surface area contributed by atoms with Gasteiger partial charge in [-0.1, -0.05) is 6.07 Å². The van der Waals surface area contributed by atoms with Gasteiger partial charge in [0.15, 0.2) is 0 Å². The first-order valence-electron chi connectivity index (χ1n) is 4.20. The van der Waals surface area contributed by atoms with E-state index in [0.717, 1.165) is 5.56 Å². The molecule has 1 aromatic carbocycles. The molecule has 4 heteroatoms. The molecule has 0 bridgehead atoms. The molecule has 0 radical (unpaired) electrons. The molecule has 0 spiro atoms. The number of Topliss-reactive ketones (excluding diaryl/α,β-unsaturated/α-hetero) is 1. The average molecular weight is 228 g/mol. The Morgan fingerprint density at radius 3 is 2.71 bits per heavy atom.